The van der Waals surface area contributed by atoms with E-state index in [2.05, 4.69) is 20.8 Å². The molecule has 0 saturated heterocycles. The Bertz CT molecular complexity index is 384. The molecule has 0 saturated carbocycles. The number of aromatic nitrogens is 2. The standard InChI is InChI=1S/C7H8N4S/c1-8-11-7-6-5(2-3-12-6)9-4-10-7/h2-4,8H,1H3,(H,9,10,11). The third-order valence-electron chi connectivity index (χ3n) is 1.49. The first-order valence-electron chi connectivity index (χ1n) is 3.53. The van der Waals surface area contributed by atoms with Crippen LogP contribution >= 0.6 is 11.3 Å². The van der Waals surface area contributed by atoms with Crippen LogP contribution in [0.3, 0.4) is 0 Å². The van der Waals surface area contributed by atoms with Crippen LogP contribution in [-0.4, -0.2) is 17.0 Å². The van der Waals surface area contributed by atoms with Gasteiger partial charge in [0.05, 0.1) is 10.2 Å². The van der Waals surface area contributed by atoms with E-state index in [1.165, 1.54) is 0 Å². The fourth-order valence-electron chi connectivity index (χ4n) is 0.996. The van der Waals surface area contributed by atoms with Crippen LogP contribution < -0.4 is 10.9 Å². The van der Waals surface area contributed by atoms with Crippen LogP contribution in [-0.2, 0) is 0 Å². The predicted octanol–water partition coefficient (Wildman–Crippen LogP) is 1.24. The Morgan fingerprint density at radius 2 is 2.33 bits per heavy atom. The van der Waals surface area contributed by atoms with Crippen molar-refractivity contribution in [2.24, 2.45) is 0 Å². The fourth-order valence-corrected chi connectivity index (χ4v) is 1.79. The minimum absolute atomic E-state index is 0.831. The van der Waals surface area contributed by atoms with Gasteiger partial charge >= 0.3 is 0 Å². The summed E-state index contributed by atoms with van der Waals surface area (Å²) in [5.41, 5.74) is 6.76. The van der Waals surface area contributed by atoms with E-state index in [0.29, 0.717) is 0 Å². The highest BCUT2D eigenvalue weighted by molar-refractivity contribution is 7.17. The highest BCUT2D eigenvalue weighted by Crippen LogP contribution is 2.23. The van der Waals surface area contributed by atoms with Gasteiger partial charge in [0.1, 0.15) is 6.33 Å². The lowest BCUT2D eigenvalue weighted by Crippen LogP contribution is -2.16. The molecule has 62 valence electrons. The van der Waals surface area contributed by atoms with E-state index in [1.54, 1.807) is 17.7 Å². The second-order valence-corrected chi connectivity index (χ2v) is 3.15. The van der Waals surface area contributed by atoms with Gasteiger partial charge in [-0.1, -0.05) is 0 Å². The van der Waals surface area contributed by atoms with E-state index < -0.39 is 0 Å². The zero-order valence-electron chi connectivity index (χ0n) is 6.53. The van der Waals surface area contributed by atoms with Gasteiger partial charge in [0.2, 0.25) is 0 Å². The number of anilines is 1. The molecule has 0 amide bonds. The van der Waals surface area contributed by atoms with Gasteiger partial charge in [0, 0.05) is 7.05 Å². The Labute approximate surface area is 73.6 Å². The van der Waals surface area contributed by atoms with E-state index in [1.807, 2.05) is 18.5 Å². The fraction of sp³-hybridized carbons (Fsp3) is 0.143. The number of thiophene rings is 1. The summed E-state index contributed by atoms with van der Waals surface area (Å²) >= 11 is 1.63. The second kappa shape index (κ2) is 3.04. The molecule has 0 radical (unpaired) electrons. The number of hydrogen-bond acceptors (Lipinski definition) is 5. The molecule has 2 heterocycles. The van der Waals surface area contributed by atoms with Crippen molar-refractivity contribution in [1.29, 1.82) is 0 Å². The number of fused-ring (bicyclic) bond motifs is 1. The molecule has 2 aromatic heterocycles. The summed E-state index contributed by atoms with van der Waals surface area (Å²) in [5, 5.41) is 2.00. The summed E-state index contributed by atoms with van der Waals surface area (Å²) in [5.74, 6) is 0.831. The molecule has 2 aromatic rings. The zero-order valence-corrected chi connectivity index (χ0v) is 7.35. The van der Waals surface area contributed by atoms with Crippen LogP contribution in [0, 0.1) is 0 Å². The number of hydrogen-bond donors (Lipinski definition) is 2. The maximum Gasteiger partial charge on any atom is 0.161 e. The second-order valence-electron chi connectivity index (χ2n) is 2.23. The monoisotopic (exact) mass is 180 g/mol. The quantitative estimate of drug-likeness (QED) is 0.683. The normalized spacial score (nSPS) is 10.4. The largest absolute Gasteiger partial charge is 0.305 e. The van der Waals surface area contributed by atoms with Gasteiger partial charge in [0.15, 0.2) is 5.82 Å². The molecule has 0 aliphatic rings. The van der Waals surface area contributed by atoms with Crippen LogP contribution in [0.2, 0.25) is 0 Å². The third-order valence-corrected chi connectivity index (χ3v) is 2.40. The lowest BCUT2D eigenvalue weighted by atomic mass is 10.4. The average Bonchev–Trinajstić information content (AvgIpc) is 2.53. The Morgan fingerprint density at radius 1 is 1.42 bits per heavy atom. The van der Waals surface area contributed by atoms with Crippen LogP contribution in [0.15, 0.2) is 17.8 Å². The molecule has 12 heavy (non-hydrogen) atoms. The average molecular weight is 180 g/mol. The topological polar surface area (TPSA) is 49.8 Å². The molecule has 0 spiro atoms. The van der Waals surface area contributed by atoms with E-state index in [4.69, 9.17) is 0 Å². The summed E-state index contributed by atoms with van der Waals surface area (Å²) in [6.45, 7) is 0. The number of rotatable bonds is 2. The summed E-state index contributed by atoms with van der Waals surface area (Å²) in [6, 6.07) is 1.97. The summed E-state index contributed by atoms with van der Waals surface area (Å²) in [7, 11) is 1.81. The molecule has 0 unspecified atom stereocenters. The molecule has 0 aliphatic carbocycles. The number of nitrogens with zero attached hydrogens (tertiary/aromatic N) is 2. The summed E-state index contributed by atoms with van der Waals surface area (Å²) < 4.78 is 1.08. The van der Waals surface area contributed by atoms with Gasteiger partial charge in [-0.05, 0) is 11.4 Å². The van der Waals surface area contributed by atoms with Gasteiger partial charge in [-0.25, -0.2) is 15.4 Å². The zero-order chi connectivity index (χ0) is 8.39. The van der Waals surface area contributed by atoms with Gasteiger partial charge in [0.25, 0.3) is 0 Å². The van der Waals surface area contributed by atoms with E-state index in [9.17, 15) is 0 Å². The SMILES string of the molecule is CNNc1ncnc2ccsc12. The van der Waals surface area contributed by atoms with E-state index in [-0.39, 0.29) is 0 Å². The molecule has 0 aliphatic heterocycles. The molecule has 0 bridgehead atoms. The molecule has 2 N–H and O–H groups in total. The highest BCUT2D eigenvalue weighted by Gasteiger charge is 2.01. The van der Waals surface area contributed by atoms with Crippen molar-refractivity contribution in [2.75, 3.05) is 12.5 Å². The van der Waals surface area contributed by atoms with Crippen LogP contribution in [0.5, 0.6) is 0 Å². The number of nitrogens with one attached hydrogen (secondary N) is 2. The van der Waals surface area contributed by atoms with Crippen molar-refractivity contribution in [3.05, 3.63) is 17.8 Å². The Kier molecular flexibility index (Phi) is 1.89. The first-order chi connectivity index (χ1) is 5.92. The minimum atomic E-state index is 0.831. The lowest BCUT2D eigenvalue weighted by Gasteiger charge is -2.02. The minimum Gasteiger partial charge on any atom is -0.305 e. The van der Waals surface area contributed by atoms with Crippen molar-refractivity contribution in [3.8, 4) is 0 Å². The van der Waals surface area contributed by atoms with Crippen molar-refractivity contribution in [3.63, 3.8) is 0 Å². The van der Waals surface area contributed by atoms with Crippen molar-refractivity contribution in [1.82, 2.24) is 15.4 Å². The first kappa shape index (κ1) is 7.45. The predicted molar refractivity (Wildman–Crippen MR) is 50.1 cm³/mol. The van der Waals surface area contributed by atoms with Crippen LogP contribution in [0.25, 0.3) is 10.2 Å². The summed E-state index contributed by atoms with van der Waals surface area (Å²) in [6.07, 6.45) is 1.55. The third kappa shape index (κ3) is 1.13. The van der Waals surface area contributed by atoms with E-state index in [0.717, 1.165) is 16.0 Å². The maximum atomic E-state index is 4.12. The van der Waals surface area contributed by atoms with Crippen molar-refractivity contribution < 1.29 is 0 Å². The number of hydrazine groups is 1. The van der Waals surface area contributed by atoms with Crippen LogP contribution in [0.1, 0.15) is 0 Å². The van der Waals surface area contributed by atoms with Gasteiger partial charge < -0.3 is 5.43 Å². The molecule has 4 nitrogen and oxygen atoms in total. The Morgan fingerprint density at radius 3 is 3.17 bits per heavy atom. The van der Waals surface area contributed by atoms with Gasteiger partial charge in [-0.15, -0.1) is 11.3 Å². The Balaban J connectivity index is 2.57. The molecule has 0 aromatic carbocycles. The van der Waals surface area contributed by atoms with Gasteiger partial charge in [-0.2, -0.15) is 0 Å². The smallest absolute Gasteiger partial charge is 0.161 e. The molecular formula is C7H8N4S. The van der Waals surface area contributed by atoms with Gasteiger partial charge in [-0.3, -0.25) is 0 Å². The van der Waals surface area contributed by atoms with Crippen molar-refractivity contribution in [2.45, 2.75) is 0 Å². The maximum absolute atomic E-state index is 4.12. The Hall–Kier alpha value is -1.20. The molecule has 0 fully saturated rings. The summed E-state index contributed by atoms with van der Waals surface area (Å²) in [4.78, 5) is 8.21. The molecule has 2 rings (SSSR count). The van der Waals surface area contributed by atoms with Crippen LogP contribution in [0.4, 0.5) is 5.82 Å². The highest BCUT2D eigenvalue weighted by atomic mass is 32.1. The van der Waals surface area contributed by atoms with Crippen molar-refractivity contribution >= 4 is 27.4 Å². The molecular weight excluding hydrogens is 172 g/mol. The first-order valence-corrected chi connectivity index (χ1v) is 4.41. The lowest BCUT2D eigenvalue weighted by molar-refractivity contribution is 0.967. The molecule has 0 atom stereocenters. The molecule has 5 heteroatoms. The van der Waals surface area contributed by atoms with E-state index >= 15 is 0 Å².